The van der Waals surface area contributed by atoms with E-state index in [0.717, 1.165) is 11.8 Å². The highest BCUT2D eigenvalue weighted by atomic mass is 32.2. The molecule has 2 aromatic carbocycles. The van der Waals surface area contributed by atoms with E-state index in [-0.39, 0.29) is 16.3 Å². The Kier molecular flexibility index (Phi) is 7.37. The highest BCUT2D eigenvalue weighted by Crippen LogP contribution is 2.27. The predicted molar refractivity (Wildman–Crippen MR) is 121 cm³/mol. The van der Waals surface area contributed by atoms with Crippen LogP contribution in [-0.4, -0.2) is 45.5 Å². The Hall–Kier alpha value is -3.53. The van der Waals surface area contributed by atoms with Crippen LogP contribution < -0.4 is 0 Å². The minimum atomic E-state index is -0.855. The molecule has 8 nitrogen and oxygen atoms in total. The summed E-state index contributed by atoms with van der Waals surface area (Å²) in [7, 11) is 1.20. The SMILES string of the molecule is CCc1cc(O)c(F)c(C(=N/c2ccc(-c3noc(C)n3)cc2)/C(=N/C(=O)OC)SC)c1. The Labute approximate surface area is 188 Å². The van der Waals surface area contributed by atoms with Crippen LogP contribution in [0.3, 0.4) is 0 Å². The van der Waals surface area contributed by atoms with Gasteiger partial charge in [0.2, 0.25) is 11.7 Å². The van der Waals surface area contributed by atoms with Gasteiger partial charge >= 0.3 is 6.09 Å². The highest BCUT2D eigenvalue weighted by molar-refractivity contribution is 8.15. The number of rotatable bonds is 5. The quantitative estimate of drug-likeness (QED) is 0.420. The van der Waals surface area contributed by atoms with Gasteiger partial charge in [0.1, 0.15) is 10.8 Å². The molecule has 0 unspecified atom stereocenters. The van der Waals surface area contributed by atoms with Crippen LogP contribution in [0.5, 0.6) is 5.75 Å². The number of halogens is 1. The number of carbonyl (C=O) groups is 1. The van der Waals surface area contributed by atoms with Crippen LogP contribution in [0.15, 0.2) is 50.9 Å². The van der Waals surface area contributed by atoms with Crippen LogP contribution in [0, 0.1) is 12.7 Å². The lowest BCUT2D eigenvalue weighted by molar-refractivity contribution is 0.183. The number of nitrogens with zero attached hydrogens (tertiary/aromatic N) is 4. The van der Waals surface area contributed by atoms with Crippen molar-refractivity contribution in [2.24, 2.45) is 9.98 Å². The lowest BCUT2D eigenvalue weighted by Gasteiger charge is -2.12. The van der Waals surface area contributed by atoms with Crippen molar-refractivity contribution in [1.82, 2.24) is 10.1 Å². The molecule has 0 saturated carbocycles. The molecular weight excluding hydrogens is 435 g/mol. The summed E-state index contributed by atoms with van der Waals surface area (Å²) < 4.78 is 24.6. The molecule has 0 fully saturated rings. The first-order chi connectivity index (χ1) is 15.4. The first kappa shape index (κ1) is 23.1. The van der Waals surface area contributed by atoms with Gasteiger partial charge in [-0.1, -0.05) is 12.1 Å². The van der Waals surface area contributed by atoms with Crippen molar-refractivity contribution in [3.63, 3.8) is 0 Å². The van der Waals surface area contributed by atoms with E-state index in [1.807, 2.05) is 6.92 Å². The van der Waals surface area contributed by atoms with E-state index >= 15 is 0 Å². The van der Waals surface area contributed by atoms with Gasteiger partial charge in [-0.25, -0.2) is 14.2 Å². The molecule has 166 valence electrons. The van der Waals surface area contributed by atoms with Crippen molar-refractivity contribution >= 4 is 34.3 Å². The van der Waals surface area contributed by atoms with E-state index in [2.05, 4.69) is 24.9 Å². The van der Waals surface area contributed by atoms with E-state index in [4.69, 9.17) is 4.52 Å². The largest absolute Gasteiger partial charge is 0.505 e. The number of hydrogen-bond acceptors (Lipinski definition) is 8. The van der Waals surface area contributed by atoms with Gasteiger partial charge in [0, 0.05) is 18.1 Å². The summed E-state index contributed by atoms with van der Waals surface area (Å²) in [6.45, 7) is 3.57. The molecule has 0 bridgehead atoms. The van der Waals surface area contributed by atoms with Crippen molar-refractivity contribution in [3.8, 4) is 17.1 Å². The Morgan fingerprint density at radius 1 is 1.28 bits per heavy atom. The number of aryl methyl sites for hydroxylation is 2. The fourth-order valence-electron chi connectivity index (χ4n) is 2.82. The maximum Gasteiger partial charge on any atom is 0.434 e. The van der Waals surface area contributed by atoms with Gasteiger partial charge in [0.25, 0.3) is 0 Å². The van der Waals surface area contributed by atoms with E-state index in [1.54, 1.807) is 43.5 Å². The van der Waals surface area contributed by atoms with E-state index in [0.29, 0.717) is 35.0 Å². The van der Waals surface area contributed by atoms with Gasteiger partial charge < -0.3 is 14.4 Å². The van der Waals surface area contributed by atoms with Crippen LogP contribution in [0.4, 0.5) is 14.9 Å². The number of ether oxygens (including phenoxy) is 1. The molecular formula is C22H21FN4O4S. The predicted octanol–water partition coefficient (Wildman–Crippen LogP) is 5.10. The lowest BCUT2D eigenvalue weighted by Crippen LogP contribution is -2.16. The zero-order valence-corrected chi connectivity index (χ0v) is 18.7. The number of aliphatic imine (C=N–C) groups is 2. The topological polar surface area (TPSA) is 110 Å². The van der Waals surface area contributed by atoms with E-state index in [9.17, 15) is 14.3 Å². The Bertz CT molecular complexity index is 1190. The number of amides is 1. The fraction of sp³-hybridized carbons (Fsp3) is 0.227. The molecule has 1 aromatic heterocycles. The smallest absolute Gasteiger partial charge is 0.434 e. The first-order valence-electron chi connectivity index (χ1n) is 9.58. The van der Waals surface area contributed by atoms with E-state index in [1.165, 1.54) is 13.2 Å². The standard InChI is InChI=1S/C22H21FN4O4S/c1-5-13-10-16(18(23)17(28)11-13)19(21(32-4)26-22(29)30-3)25-15-8-6-14(7-9-15)20-24-12(2)31-27-20/h6-11,28H,5H2,1-4H3/b25-19-,26-21-. The third kappa shape index (κ3) is 5.20. The van der Waals surface area contributed by atoms with Gasteiger partial charge in [-0.2, -0.15) is 9.98 Å². The molecule has 3 rings (SSSR count). The number of carbonyl (C=O) groups excluding carboxylic acids is 1. The van der Waals surface area contributed by atoms with Crippen molar-refractivity contribution < 1.29 is 23.6 Å². The minimum absolute atomic E-state index is 0.0247. The number of methoxy groups -OCH3 is 1. The van der Waals surface area contributed by atoms with E-state index < -0.39 is 17.7 Å². The molecule has 0 spiro atoms. The van der Waals surface area contributed by atoms with Crippen LogP contribution >= 0.6 is 11.8 Å². The molecule has 0 aliphatic carbocycles. The number of aromatic hydroxyl groups is 1. The molecule has 10 heteroatoms. The maximum atomic E-state index is 14.9. The second-order valence-corrected chi connectivity index (χ2v) is 7.36. The summed E-state index contributed by atoms with van der Waals surface area (Å²) in [6.07, 6.45) is 1.40. The summed E-state index contributed by atoms with van der Waals surface area (Å²) in [6, 6.07) is 9.80. The summed E-state index contributed by atoms with van der Waals surface area (Å²) in [5, 5.41) is 14.1. The number of hydrogen-bond donors (Lipinski definition) is 1. The van der Waals surface area contributed by atoms with Crippen molar-refractivity contribution in [2.75, 3.05) is 13.4 Å². The molecule has 1 N–H and O–H groups in total. The van der Waals surface area contributed by atoms with Gasteiger partial charge in [-0.3, -0.25) is 0 Å². The molecule has 3 aromatic rings. The Morgan fingerprint density at radius 2 is 2.00 bits per heavy atom. The molecule has 0 atom stereocenters. The lowest BCUT2D eigenvalue weighted by atomic mass is 10.0. The second-order valence-electron chi connectivity index (χ2n) is 6.57. The zero-order valence-electron chi connectivity index (χ0n) is 17.9. The summed E-state index contributed by atoms with van der Waals surface area (Å²) >= 11 is 1.10. The molecule has 0 saturated heterocycles. The maximum absolute atomic E-state index is 14.9. The molecule has 1 heterocycles. The van der Waals surface area contributed by atoms with Crippen molar-refractivity contribution in [1.29, 1.82) is 0 Å². The number of phenolic OH excluding ortho intramolecular Hbond substituents is 1. The molecule has 0 radical (unpaired) electrons. The molecule has 32 heavy (non-hydrogen) atoms. The number of thioether (sulfide) groups is 1. The average Bonchev–Trinajstić information content (AvgIpc) is 3.24. The fourth-order valence-corrected chi connectivity index (χ4v) is 3.34. The number of aromatic nitrogens is 2. The summed E-state index contributed by atoms with van der Waals surface area (Å²) in [5.74, 6) is -0.485. The van der Waals surface area contributed by atoms with Crippen molar-refractivity contribution in [3.05, 3.63) is 59.2 Å². The second kappa shape index (κ2) is 10.2. The third-order valence-electron chi connectivity index (χ3n) is 4.43. The molecule has 0 aliphatic heterocycles. The van der Waals surface area contributed by atoms with Crippen LogP contribution in [0.25, 0.3) is 11.4 Å². The van der Waals surface area contributed by atoms with Crippen LogP contribution in [0.1, 0.15) is 23.9 Å². The summed E-state index contributed by atoms with van der Waals surface area (Å²) in [5.41, 5.74) is 2.00. The van der Waals surface area contributed by atoms with Crippen LogP contribution in [-0.2, 0) is 11.2 Å². The molecule has 1 amide bonds. The zero-order chi connectivity index (χ0) is 23.3. The average molecular weight is 456 g/mol. The monoisotopic (exact) mass is 456 g/mol. The number of phenols is 1. The number of benzene rings is 2. The normalized spacial score (nSPS) is 12.2. The Morgan fingerprint density at radius 3 is 2.56 bits per heavy atom. The van der Waals surface area contributed by atoms with Gasteiger partial charge in [0.05, 0.1) is 12.8 Å². The highest BCUT2D eigenvalue weighted by Gasteiger charge is 2.21. The van der Waals surface area contributed by atoms with Crippen LogP contribution in [0.2, 0.25) is 0 Å². The third-order valence-corrected chi connectivity index (χ3v) is 5.11. The Balaban J connectivity index is 2.14. The van der Waals surface area contributed by atoms with Gasteiger partial charge in [-0.15, -0.1) is 11.8 Å². The first-order valence-corrected chi connectivity index (χ1v) is 10.8. The summed E-state index contributed by atoms with van der Waals surface area (Å²) in [4.78, 5) is 24.4. The minimum Gasteiger partial charge on any atom is -0.505 e. The molecule has 0 aliphatic rings. The van der Waals surface area contributed by atoms with Gasteiger partial charge in [0.15, 0.2) is 11.6 Å². The van der Waals surface area contributed by atoms with Gasteiger partial charge in [-0.05, 0) is 54.6 Å². The van der Waals surface area contributed by atoms with Crippen molar-refractivity contribution in [2.45, 2.75) is 20.3 Å².